The van der Waals surface area contributed by atoms with E-state index in [9.17, 15) is 40.5 Å². The third kappa shape index (κ3) is 5.98. The first-order valence-electron chi connectivity index (χ1n) is 10.8. The van der Waals surface area contributed by atoms with Crippen LogP contribution in [-0.2, 0) is 23.7 Å². The molecule has 3 rings (SSSR count). The van der Waals surface area contributed by atoms with Gasteiger partial charge in [-0.1, -0.05) is 12.1 Å². The standard InChI is InChI=1S/C22H30O13/c1-31-12-5-2-11(3-6-12)4-7-15(25)32-9-14-16(26)18(28)19(29)21(33-14)35-22(10-24)20(30)17(27)13(8-23)34-22/h2-7,13-14,16-21,23-24,26-30H,8-10H2,1H3/b7-4+/t13-,14-,16-,17+,18+,19-,20+,21-,22+/m1/s1. The molecule has 13 heteroatoms. The summed E-state index contributed by atoms with van der Waals surface area (Å²) < 4.78 is 26.2. The number of rotatable bonds is 9. The number of benzene rings is 1. The van der Waals surface area contributed by atoms with E-state index in [1.165, 1.54) is 13.2 Å². The van der Waals surface area contributed by atoms with E-state index in [0.717, 1.165) is 6.08 Å². The second-order valence-corrected chi connectivity index (χ2v) is 8.11. The Morgan fingerprint density at radius 1 is 1.00 bits per heavy atom. The van der Waals surface area contributed by atoms with Gasteiger partial charge in [0, 0.05) is 6.08 Å². The molecule has 35 heavy (non-hydrogen) atoms. The lowest BCUT2D eigenvalue weighted by Crippen LogP contribution is -2.62. The Kier molecular flexibility index (Phi) is 9.17. The topological polar surface area (TPSA) is 205 Å². The Morgan fingerprint density at radius 2 is 1.69 bits per heavy atom. The molecule has 7 N–H and O–H groups in total. The van der Waals surface area contributed by atoms with Crippen LogP contribution in [0.15, 0.2) is 30.3 Å². The molecule has 0 amide bonds. The highest BCUT2D eigenvalue weighted by Crippen LogP contribution is 2.36. The number of carbonyl (C=O) groups is 1. The molecule has 0 aromatic heterocycles. The molecule has 2 aliphatic rings. The number of carbonyl (C=O) groups excluding carboxylic acids is 1. The number of aliphatic hydroxyl groups is 7. The lowest BCUT2D eigenvalue weighted by atomic mass is 9.99. The summed E-state index contributed by atoms with van der Waals surface area (Å²) in [6.45, 7) is -2.27. The van der Waals surface area contributed by atoms with Gasteiger partial charge in [0.15, 0.2) is 6.29 Å². The molecule has 0 bridgehead atoms. The Labute approximate surface area is 200 Å². The van der Waals surface area contributed by atoms with Crippen molar-refractivity contribution in [2.24, 2.45) is 0 Å². The van der Waals surface area contributed by atoms with Gasteiger partial charge < -0.3 is 59.4 Å². The molecule has 9 atom stereocenters. The van der Waals surface area contributed by atoms with E-state index < -0.39 is 80.6 Å². The quantitative estimate of drug-likeness (QED) is 0.132. The van der Waals surface area contributed by atoms with Gasteiger partial charge in [0.25, 0.3) is 0 Å². The zero-order valence-corrected chi connectivity index (χ0v) is 18.8. The predicted octanol–water partition coefficient (Wildman–Crippen LogP) is -3.12. The van der Waals surface area contributed by atoms with Gasteiger partial charge in [-0.05, 0) is 23.8 Å². The molecule has 2 saturated heterocycles. The summed E-state index contributed by atoms with van der Waals surface area (Å²) in [7, 11) is 1.53. The van der Waals surface area contributed by atoms with Crippen molar-refractivity contribution >= 4 is 12.0 Å². The molecule has 1 aromatic rings. The number of hydrogen-bond acceptors (Lipinski definition) is 13. The van der Waals surface area contributed by atoms with Crippen molar-refractivity contribution in [3.63, 3.8) is 0 Å². The first kappa shape index (κ1) is 27.4. The minimum atomic E-state index is -2.30. The molecule has 2 heterocycles. The van der Waals surface area contributed by atoms with Crippen LogP contribution in [0.2, 0.25) is 0 Å². The van der Waals surface area contributed by atoms with E-state index in [-0.39, 0.29) is 0 Å². The van der Waals surface area contributed by atoms with Crippen LogP contribution in [0.5, 0.6) is 5.75 Å². The molecule has 2 aliphatic heterocycles. The van der Waals surface area contributed by atoms with Crippen LogP contribution in [0.4, 0.5) is 0 Å². The Balaban J connectivity index is 1.63. The van der Waals surface area contributed by atoms with Crippen molar-refractivity contribution < 1.29 is 64.2 Å². The second-order valence-electron chi connectivity index (χ2n) is 8.11. The van der Waals surface area contributed by atoms with E-state index in [2.05, 4.69) is 0 Å². The normalized spacial score (nSPS) is 37.5. The van der Waals surface area contributed by atoms with E-state index in [4.69, 9.17) is 23.7 Å². The third-order valence-electron chi connectivity index (χ3n) is 5.81. The van der Waals surface area contributed by atoms with Gasteiger partial charge in [0.05, 0.1) is 13.7 Å². The summed E-state index contributed by atoms with van der Waals surface area (Å²) in [6, 6.07) is 6.84. The number of ether oxygens (including phenoxy) is 5. The summed E-state index contributed by atoms with van der Waals surface area (Å²) >= 11 is 0. The number of esters is 1. The second kappa shape index (κ2) is 11.7. The van der Waals surface area contributed by atoms with Crippen LogP contribution in [0, 0.1) is 0 Å². The summed E-state index contributed by atoms with van der Waals surface area (Å²) in [6.07, 6.45) is -10.7. The number of aliphatic hydroxyl groups excluding tert-OH is 7. The third-order valence-corrected chi connectivity index (χ3v) is 5.81. The zero-order valence-electron chi connectivity index (χ0n) is 18.8. The van der Waals surface area contributed by atoms with Gasteiger partial charge in [-0.2, -0.15) is 0 Å². The fourth-order valence-corrected chi connectivity index (χ4v) is 3.71. The van der Waals surface area contributed by atoms with Crippen LogP contribution in [0.1, 0.15) is 5.56 Å². The molecule has 196 valence electrons. The maximum atomic E-state index is 12.1. The Bertz CT molecular complexity index is 861. The minimum Gasteiger partial charge on any atom is -0.497 e. The summed E-state index contributed by atoms with van der Waals surface area (Å²) in [5, 5.41) is 70.0. The molecule has 0 aliphatic carbocycles. The molecular formula is C22H30O13. The fourth-order valence-electron chi connectivity index (χ4n) is 3.71. The number of hydrogen-bond donors (Lipinski definition) is 7. The van der Waals surface area contributed by atoms with Crippen LogP contribution in [-0.4, -0.2) is 123 Å². The highest BCUT2D eigenvalue weighted by atomic mass is 16.8. The van der Waals surface area contributed by atoms with Gasteiger partial charge in [-0.25, -0.2) is 4.79 Å². The first-order valence-corrected chi connectivity index (χ1v) is 10.8. The zero-order chi connectivity index (χ0) is 25.8. The van der Waals surface area contributed by atoms with Gasteiger partial charge in [-0.3, -0.25) is 0 Å². The van der Waals surface area contributed by atoms with Gasteiger partial charge in [0.2, 0.25) is 5.79 Å². The van der Waals surface area contributed by atoms with Gasteiger partial charge in [-0.15, -0.1) is 0 Å². The molecule has 1 aromatic carbocycles. The molecule has 0 radical (unpaired) electrons. The van der Waals surface area contributed by atoms with Crippen LogP contribution >= 0.6 is 0 Å². The van der Waals surface area contributed by atoms with Crippen molar-refractivity contribution in [2.75, 3.05) is 26.9 Å². The molecule has 0 saturated carbocycles. The first-order chi connectivity index (χ1) is 16.7. The molecular weight excluding hydrogens is 472 g/mol. The van der Waals surface area contributed by atoms with Gasteiger partial charge in [0.1, 0.15) is 61.7 Å². The Hall–Kier alpha value is -2.17. The SMILES string of the molecule is COc1ccc(/C=C/C(=O)OC[C@H]2O[C@H](O[C@]3(CO)O[C@H](CO)[C@H](O)[C@@H]3O)[C@H](O)[C@@H](O)[C@@H]2O)cc1. The summed E-state index contributed by atoms with van der Waals surface area (Å²) in [4.78, 5) is 12.1. The van der Waals surface area contributed by atoms with E-state index in [1.807, 2.05) is 0 Å². The monoisotopic (exact) mass is 502 g/mol. The van der Waals surface area contributed by atoms with Crippen LogP contribution < -0.4 is 4.74 Å². The van der Waals surface area contributed by atoms with Gasteiger partial charge >= 0.3 is 5.97 Å². The van der Waals surface area contributed by atoms with E-state index >= 15 is 0 Å². The molecule has 2 fully saturated rings. The average Bonchev–Trinajstić information content (AvgIpc) is 3.12. The van der Waals surface area contributed by atoms with Crippen molar-refractivity contribution in [2.45, 2.75) is 54.8 Å². The minimum absolute atomic E-state index is 0.548. The van der Waals surface area contributed by atoms with Crippen LogP contribution in [0.3, 0.4) is 0 Å². The lowest BCUT2D eigenvalue weighted by Gasteiger charge is -2.43. The lowest BCUT2D eigenvalue weighted by molar-refractivity contribution is -0.383. The summed E-state index contributed by atoms with van der Waals surface area (Å²) in [5.41, 5.74) is 0.691. The Morgan fingerprint density at radius 3 is 2.26 bits per heavy atom. The van der Waals surface area contributed by atoms with Crippen molar-refractivity contribution in [3.8, 4) is 5.75 Å². The highest BCUT2D eigenvalue weighted by molar-refractivity contribution is 5.87. The average molecular weight is 502 g/mol. The predicted molar refractivity (Wildman–Crippen MR) is 115 cm³/mol. The van der Waals surface area contributed by atoms with Crippen molar-refractivity contribution in [1.82, 2.24) is 0 Å². The largest absolute Gasteiger partial charge is 0.497 e. The van der Waals surface area contributed by atoms with E-state index in [0.29, 0.717) is 11.3 Å². The van der Waals surface area contributed by atoms with Crippen molar-refractivity contribution in [3.05, 3.63) is 35.9 Å². The van der Waals surface area contributed by atoms with E-state index in [1.54, 1.807) is 24.3 Å². The highest BCUT2D eigenvalue weighted by Gasteiger charge is 2.58. The molecule has 13 nitrogen and oxygen atoms in total. The molecule has 0 unspecified atom stereocenters. The fraction of sp³-hybridized carbons (Fsp3) is 0.591. The van der Waals surface area contributed by atoms with Crippen LogP contribution in [0.25, 0.3) is 6.08 Å². The maximum absolute atomic E-state index is 12.1. The summed E-state index contributed by atoms with van der Waals surface area (Å²) in [5.74, 6) is -2.45. The molecule has 0 spiro atoms. The maximum Gasteiger partial charge on any atom is 0.330 e. The van der Waals surface area contributed by atoms with Crippen molar-refractivity contribution in [1.29, 1.82) is 0 Å². The smallest absolute Gasteiger partial charge is 0.330 e. The number of methoxy groups -OCH3 is 1.